The summed E-state index contributed by atoms with van der Waals surface area (Å²) in [5.74, 6) is -0.0987. The monoisotopic (exact) mass is 296 g/mol. The molecule has 0 heterocycles. The molecule has 0 saturated carbocycles. The Hall–Kier alpha value is -1.55. The van der Waals surface area contributed by atoms with Gasteiger partial charge in [0.2, 0.25) is 0 Å². The van der Waals surface area contributed by atoms with Gasteiger partial charge in [0.15, 0.2) is 0 Å². The molecule has 0 unspecified atom stereocenters. The third kappa shape index (κ3) is 6.82. The van der Waals surface area contributed by atoms with Crippen molar-refractivity contribution in [3.8, 4) is 0 Å². The summed E-state index contributed by atoms with van der Waals surface area (Å²) in [6.45, 7) is 4.91. The fourth-order valence-electron chi connectivity index (χ4n) is 1.15. The minimum absolute atomic E-state index is 0.0172. The highest BCUT2D eigenvalue weighted by atomic mass is 32.2. The van der Waals surface area contributed by atoms with Gasteiger partial charge in [-0.25, -0.2) is 9.52 Å². The largest absolute Gasteiger partial charge is 0.446 e. The molecule has 0 aliphatic heterocycles. The fourth-order valence-corrected chi connectivity index (χ4v) is 2.20. The summed E-state index contributed by atoms with van der Waals surface area (Å²) in [4.78, 5) is 11.3. The van der Waals surface area contributed by atoms with Crippen LogP contribution in [0.3, 0.4) is 0 Å². The molecule has 0 aliphatic rings. The minimum atomic E-state index is -4.00. The van der Waals surface area contributed by atoms with Crippen LogP contribution in [0.4, 0.5) is 4.79 Å². The molecule has 19 heavy (non-hydrogen) atoms. The molecule has 0 bridgehead atoms. The van der Waals surface area contributed by atoms with Crippen LogP contribution in [0.1, 0.15) is 27.2 Å². The average molecular weight is 296 g/mol. The number of hydrogen-bond donors (Lipinski definition) is 3. The van der Waals surface area contributed by atoms with Gasteiger partial charge in [-0.05, 0) is 13.8 Å². The summed E-state index contributed by atoms with van der Waals surface area (Å²) in [7, 11) is -4.00. The first-order valence-electron chi connectivity index (χ1n) is 5.67. The number of nitrogens with two attached hydrogens (primary N) is 1. The maximum Gasteiger partial charge on any atom is 0.422 e. The lowest BCUT2D eigenvalue weighted by atomic mass is 10.4. The van der Waals surface area contributed by atoms with Crippen molar-refractivity contribution < 1.29 is 23.2 Å². The topological polar surface area (TPSA) is 134 Å². The molecule has 10 heteroatoms. The molecule has 0 aliphatic carbocycles. The number of rotatable bonds is 7. The third-order valence-corrected chi connectivity index (χ3v) is 3.54. The summed E-state index contributed by atoms with van der Waals surface area (Å²) < 4.78 is 31.1. The molecule has 0 aromatic carbocycles. The normalized spacial score (nSPS) is 12.8. The lowest BCUT2D eigenvalue weighted by Gasteiger charge is -2.20. The number of amides is 1. The van der Waals surface area contributed by atoms with Crippen LogP contribution in [0.25, 0.3) is 0 Å². The van der Waals surface area contributed by atoms with Crippen LogP contribution in [0.15, 0.2) is 5.16 Å². The second-order valence-electron chi connectivity index (χ2n) is 3.89. The van der Waals surface area contributed by atoms with Gasteiger partial charge in [-0.2, -0.15) is 12.7 Å². The maximum atomic E-state index is 11.8. The van der Waals surface area contributed by atoms with Crippen molar-refractivity contribution in [3.05, 3.63) is 0 Å². The lowest BCUT2D eigenvalue weighted by Crippen LogP contribution is -2.45. The predicted molar refractivity (Wildman–Crippen MR) is 68.9 cm³/mol. The van der Waals surface area contributed by atoms with E-state index in [1.165, 1.54) is 0 Å². The molecule has 0 saturated heterocycles. The first kappa shape index (κ1) is 17.4. The van der Waals surface area contributed by atoms with E-state index < -0.39 is 22.4 Å². The highest BCUT2D eigenvalue weighted by Gasteiger charge is 2.24. The Balaban J connectivity index is 4.61. The quantitative estimate of drug-likeness (QED) is 0.258. The molecule has 0 fully saturated rings. The van der Waals surface area contributed by atoms with E-state index in [0.717, 1.165) is 4.31 Å². The van der Waals surface area contributed by atoms with Crippen molar-refractivity contribution in [1.82, 2.24) is 9.03 Å². The first-order valence-corrected chi connectivity index (χ1v) is 7.11. The predicted octanol–water partition coefficient (Wildman–Crippen LogP) is -0.176. The van der Waals surface area contributed by atoms with E-state index in [4.69, 9.17) is 10.9 Å². The number of amidine groups is 1. The maximum absolute atomic E-state index is 11.8. The van der Waals surface area contributed by atoms with E-state index in [9.17, 15) is 13.2 Å². The number of carbonyl (C=O) groups excluding carboxylic acids is 1. The van der Waals surface area contributed by atoms with E-state index in [1.807, 2.05) is 0 Å². The SMILES string of the molecule is CCN(CCC(N)=NO)S(=O)(=O)NC(=O)OC(C)C. The van der Waals surface area contributed by atoms with Crippen LogP contribution in [-0.4, -0.2) is 49.1 Å². The summed E-state index contributed by atoms with van der Waals surface area (Å²) in [6.07, 6.45) is -1.43. The first-order chi connectivity index (χ1) is 8.72. The molecular formula is C9H20N4O5S. The van der Waals surface area contributed by atoms with Gasteiger partial charge in [-0.15, -0.1) is 0 Å². The molecule has 0 rings (SSSR count). The van der Waals surface area contributed by atoms with E-state index >= 15 is 0 Å². The van der Waals surface area contributed by atoms with E-state index in [-0.39, 0.29) is 25.3 Å². The number of nitrogens with one attached hydrogen (secondary N) is 1. The fraction of sp³-hybridized carbons (Fsp3) is 0.778. The highest BCUT2D eigenvalue weighted by molar-refractivity contribution is 7.87. The van der Waals surface area contributed by atoms with Crippen molar-refractivity contribution in [3.63, 3.8) is 0 Å². The van der Waals surface area contributed by atoms with Gasteiger partial charge < -0.3 is 15.7 Å². The second kappa shape index (κ2) is 7.79. The molecule has 0 aromatic rings. The van der Waals surface area contributed by atoms with E-state index in [0.29, 0.717) is 0 Å². The Morgan fingerprint density at radius 1 is 1.53 bits per heavy atom. The minimum Gasteiger partial charge on any atom is -0.446 e. The standard InChI is InChI=1S/C9H20N4O5S/c1-4-13(6-5-8(10)11-15)19(16,17)12-9(14)18-7(2)3/h7,15H,4-6H2,1-3H3,(H2,10,11)(H,12,14). The summed E-state index contributed by atoms with van der Waals surface area (Å²) >= 11 is 0. The van der Waals surface area contributed by atoms with E-state index in [1.54, 1.807) is 25.5 Å². The van der Waals surface area contributed by atoms with Gasteiger partial charge in [0, 0.05) is 19.5 Å². The Bertz CT molecular complexity index is 420. The molecule has 1 amide bonds. The number of carbonyl (C=O) groups is 1. The van der Waals surface area contributed by atoms with Gasteiger partial charge in [-0.1, -0.05) is 12.1 Å². The number of nitrogens with zero attached hydrogens (tertiary/aromatic N) is 2. The Morgan fingerprint density at radius 3 is 2.53 bits per heavy atom. The van der Waals surface area contributed by atoms with Gasteiger partial charge in [0.1, 0.15) is 5.84 Å². The Morgan fingerprint density at radius 2 is 2.11 bits per heavy atom. The highest BCUT2D eigenvalue weighted by Crippen LogP contribution is 2.01. The summed E-state index contributed by atoms with van der Waals surface area (Å²) in [5.41, 5.74) is 5.25. The van der Waals surface area contributed by atoms with Crippen molar-refractivity contribution in [1.29, 1.82) is 0 Å². The molecule has 0 atom stereocenters. The van der Waals surface area contributed by atoms with Crippen LogP contribution in [0.5, 0.6) is 0 Å². The van der Waals surface area contributed by atoms with Crippen molar-refractivity contribution >= 4 is 22.1 Å². The zero-order chi connectivity index (χ0) is 15.1. The van der Waals surface area contributed by atoms with Gasteiger partial charge in [0.05, 0.1) is 6.10 Å². The lowest BCUT2D eigenvalue weighted by molar-refractivity contribution is 0.121. The number of ether oxygens (including phenoxy) is 1. The zero-order valence-electron chi connectivity index (χ0n) is 11.2. The summed E-state index contributed by atoms with van der Waals surface area (Å²) in [5, 5.41) is 11.1. The molecule has 0 spiro atoms. The van der Waals surface area contributed by atoms with Gasteiger partial charge in [-0.3, -0.25) is 0 Å². The second-order valence-corrected chi connectivity index (χ2v) is 5.56. The third-order valence-electron chi connectivity index (χ3n) is 1.99. The van der Waals surface area contributed by atoms with E-state index in [2.05, 4.69) is 9.89 Å². The molecular weight excluding hydrogens is 276 g/mol. The Labute approximate surface area is 112 Å². The average Bonchev–Trinajstić information content (AvgIpc) is 2.26. The van der Waals surface area contributed by atoms with Crippen LogP contribution >= 0.6 is 0 Å². The zero-order valence-corrected chi connectivity index (χ0v) is 12.0. The smallest absolute Gasteiger partial charge is 0.422 e. The van der Waals surface area contributed by atoms with Crippen LogP contribution in [0, 0.1) is 0 Å². The van der Waals surface area contributed by atoms with Gasteiger partial charge >= 0.3 is 16.3 Å². The Kier molecular flexibility index (Phi) is 7.16. The van der Waals surface area contributed by atoms with Crippen molar-refractivity contribution in [2.75, 3.05) is 13.1 Å². The number of oxime groups is 1. The number of hydrogen-bond acceptors (Lipinski definition) is 6. The van der Waals surface area contributed by atoms with Crippen LogP contribution in [0.2, 0.25) is 0 Å². The summed E-state index contributed by atoms with van der Waals surface area (Å²) in [6, 6.07) is 0. The molecule has 112 valence electrons. The van der Waals surface area contributed by atoms with Crippen LogP contribution < -0.4 is 10.5 Å². The van der Waals surface area contributed by atoms with Gasteiger partial charge in [0.25, 0.3) is 0 Å². The van der Waals surface area contributed by atoms with Crippen LogP contribution in [-0.2, 0) is 14.9 Å². The van der Waals surface area contributed by atoms with Crippen molar-refractivity contribution in [2.45, 2.75) is 33.3 Å². The molecule has 9 nitrogen and oxygen atoms in total. The molecule has 0 aromatic heterocycles. The molecule has 0 radical (unpaired) electrons. The van der Waals surface area contributed by atoms with Crippen molar-refractivity contribution in [2.24, 2.45) is 10.9 Å². The molecule has 4 N–H and O–H groups in total.